The minimum absolute atomic E-state index is 0.0648. The molecule has 1 aliphatic heterocycles. The Morgan fingerprint density at radius 1 is 1.27 bits per heavy atom. The molecule has 2 aromatic rings. The lowest BCUT2D eigenvalue weighted by atomic mass is 10.2. The molecule has 1 N–H and O–H groups in total. The third-order valence-corrected chi connectivity index (χ3v) is 3.87. The van der Waals surface area contributed by atoms with Gasteiger partial charge < -0.3 is 14.4 Å². The number of carboxylic acids is 1. The van der Waals surface area contributed by atoms with Gasteiger partial charge in [0.1, 0.15) is 5.76 Å². The van der Waals surface area contributed by atoms with E-state index >= 15 is 0 Å². The molecule has 1 aromatic carbocycles. The molecule has 0 unspecified atom stereocenters. The number of halogens is 1. The SMILES string of the molecule is O=C(O)c1ccc(N=Cc2ccc(N3CCCC3)o2)cc1Cl. The van der Waals surface area contributed by atoms with E-state index in [1.807, 2.05) is 12.1 Å². The highest BCUT2D eigenvalue weighted by Gasteiger charge is 2.15. The molecule has 0 aliphatic carbocycles. The molecule has 1 aromatic heterocycles. The fourth-order valence-corrected chi connectivity index (χ4v) is 2.67. The standard InChI is InChI=1S/C16H15ClN2O3/c17-14-9-11(3-5-13(14)16(20)21)18-10-12-4-6-15(22-12)19-7-1-2-8-19/h3-6,9-10H,1-2,7-8H2,(H,20,21). The first-order valence-corrected chi connectivity index (χ1v) is 7.43. The number of furan rings is 1. The normalized spacial score (nSPS) is 14.9. The zero-order valence-corrected chi connectivity index (χ0v) is 12.6. The van der Waals surface area contributed by atoms with Crippen molar-refractivity contribution in [3.63, 3.8) is 0 Å². The summed E-state index contributed by atoms with van der Waals surface area (Å²) < 4.78 is 5.73. The highest BCUT2D eigenvalue weighted by atomic mass is 35.5. The minimum atomic E-state index is -1.05. The first-order valence-electron chi connectivity index (χ1n) is 7.05. The van der Waals surface area contributed by atoms with Crippen molar-refractivity contribution in [1.82, 2.24) is 0 Å². The Balaban J connectivity index is 1.74. The van der Waals surface area contributed by atoms with Crippen molar-refractivity contribution in [3.8, 4) is 0 Å². The lowest BCUT2D eigenvalue weighted by molar-refractivity contribution is 0.0697. The summed E-state index contributed by atoms with van der Waals surface area (Å²) in [4.78, 5) is 17.4. The molecule has 22 heavy (non-hydrogen) atoms. The van der Waals surface area contributed by atoms with E-state index in [9.17, 15) is 4.79 Å². The first kappa shape index (κ1) is 14.7. The van der Waals surface area contributed by atoms with Gasteiger partial charge in [-0.25, -0.2) is 4.79 Å². The third kappa shape index (κ3) is 3.14. The van der Waals surface area contributed by atoms with Crippen LogP contribution in [0.1, 0.15) is 29.0 Å². The largest absolute Gasteiger partial charge is 0.478 e. The van der Waals surface area contributed by atoms with Crippen LogP contribution in [-0.4, -0.2) is 30.4 Å². The highest BCUT2D eigenvalue weighted by Crippen LogP contribution is 2.24. The van der Waals surface area contributed by atoms with E-state index in [0.29, 0.717) is 11.4 Å². The van der Waals surface area contributed by atoms with Gasteiger partial charge in [-0.05, 0) is 37.1 Å². The lowest BCUT2D eigenvalue weighted by Gasteiger charge is -2.12. The van der Waals surface area contributed by atoms with Gasteiger partial charge in [-0.15, -0.1) is 0 Å². The molecule has 0 atom stereocenters. The number of benzene rings is 1. The van der Waals surface area contributed by atoms with Crippen LogP contribution in [0, 0.1) is 0 Å². The van der Waals surface area contributed by atoms with Crippen LogP contribution in [0.5, 0.6) is 0 Å². The maximum absolute atomic E-state index is 10.9. The summed E-state index contributed by atoms with van der Waals surface area (Å²) in [6, 6.07) is 8.37. The summed E-state index contributed by atoms with van der Waals surface area (Å²) in [5, 5.41) is 9.09. The van der Waals surface area contributed by atoms with Crippen molar-refractivity contribution < 1.29 is 14.3 Å². The summed E-state index contributed by atoms with van der Waals surface area (Å²) in [6.07, 6.45) is 3.99. The Labute approximate surface area is 132 Å². The summed E-state index contributed by atoms with van der Waals surface area (Å²) in [7, 11) is 0. The molecule has 1 saturated heterocycles. The molecule has 114 valence electrons. The number of aliphatic imine (C=N–C) groups is 1. The van der Waals surface area contributed by atoms with Crippen molar-refractivity contribution in [2.75, 3.05) is 18.0 Å². The van der Waals surface area contributed by atoms with Crippen LogP contribution in [0.2, 0.25) is 5.02 Å². The number of aromatic carboxylic acids is 1. The average Bonchev–Trinajstić information content (AvgIpc) is 3.16. The van der Waals surface area contributed by atoms with Gasteiger partial charge in [-0.2, -0.15) is 0 Å². The Morgan fingerprint density at radius 3 is 2.73 bits per heavy atom. The Kier molecular flexibility index (Phi) is 4.15. The molecule has 0 radical (unpaired) electrons. The monoisotopic (exact) mass is 318 g/mol. The number of nitrogens with zero attached hydrogens (tertiary/aromatic N) is 2. The van der Waals surface area contributed by atoms with E-state index in [1.165, 1.54) is 25.0 Å². The van der Waals surface area contributed by atoms with Gasteiger partial charge in [0.2, 0.25) is 0 Å². The van der Waals surface area contributed by atoms with Crippen molar-refractivity contribution >= 4 is 35.4 Å². The molecule has 0 saturated carbocycles. The first-order chi connectivity index (χ1) is 10.6. The molecule has 2 heterocycles. The second kappa shape index (κ2) is 6.23. The molecule has 3 rings (SSSR count). The molecular formula is C16H15ClN2O3. The molecule has 1 aliphatic rings. The van der Waals surface area contributed by atoms with Gasteiger partial charge in [-0.1, -0.05) is 11.6 Å². The van der Waals surface area contributed by atoms with Crippen molar-refractivity contribution in [3.05, 3.63) is 46.7 Å². The van der Waals surface area contributed by atoms with Gasteiger partial charge in [0.25, 0.3) is 0 Å². The van der Waals surface area contributed by atoms with Crippen LogP contribution < -0.4 is 4.90 Å². The summed E-state index contributed by atoms with van der Waals surface area (Å²) in [5.74, 6) is 0.459. The summed E-state index contributed by atoms with van der Waals surface area (Å²) in [5.41, 5.74) is 0.643. The van der Waals surface area contributed by atoms with Crippen LogP contribution in [-0.2, 0) is 0 Å². The second-order valence-corrected chi connectivity index (χ2v) is 5.50. The van der Waals surface area contributed by atoms with E-state index in [4.69, 9.17) is 21.1 Å². The van der Waals surface area contributed by atoms with Gasteiger partial charge in [0, 0.05) is 19.2 Å². The van der Waals surface area contributed by atoms with Crippen LogP contribution >= 0.6 is 11.6 Å². The zero-order chi connectivity index (χ0) is 15.5. The topological polar surface area (TPSA) is 66.0 Å². The van der Waals surface area contributed by atoms with E-state index in [1.54, 1.807) is 12.3 Å². The number of carbonyl (C=O) groups is 1. The summed E-state index contributed by atoms with van der Waals surface area (Å²) in [6.45, 7) is 2.05. The van der Waals surface area contributed by atoms with Gasteiger partial charge in [-0.3, -0.25) is 4.99 Å². The molecule has 1 fully saturated rings. The van der Waals surface area contributed by atoms with Crippen molar-refractivity contribution in [2.45, 2.75) is 12.8 Å². The van der Waals surface area contributed by atoms with Crippen LogP contribution in [0.3, 0.4) is 0 Å². The van der Waals surface area contributed by atoms with E-state index < -0.39 is 5.97 Å². The lowest BCUT2D eigenvalue weighted by Crippen LogP contribution is -2.16. The van der Waals surface area contributed by atoms with Gasteiger partial charge in [0.05, 0.1) is 22.5 Å². The predicted octanol–water partition coefficient (Wildman–Crippen LogP) is 3.98. The number of hydrogen-bond acceptors (Lipinski definition) is 4. The molecule has 0 bridgehead atoms. The average molecular weight is 319 g/mol. The fraction of sp³-hybridized carbons (Fsp3) is 0.250. The smallest absolute Gasteiger partial charge is 0.337 e. The third-order valence-electron chi connectivity index (χ3n) is 3.55. The minimum Gasteiger partial charge on any atom is -0.478 e. The van der Waals surface area contributed by atoms with E-state index in [2.05, 4.69) is 9.89 Å². The maximum atomic E-state index is 10.9. The number of hydrogen-bond donors (Lipinski definition) is 1. The van der Waals surface area contributed by atoms with Gasteiger partial charge in [0.15, 0.2) is 5.88 Å². The summed E-state index contributed by atoms with van der Waals surface area (Å²) >= 11 is 5.91. The Bertz CT molecular complexity index is 718. The molecule has 0 spiro atoms. The van der Waals surface area contributed by atoms with E-state index in [-0.39, 0.29) is 10.6 Å². The zero-order valence-electron chi connectivity index (χ0n) is 11.8. The van der Waals surface area contributed by atoms with Crippen LogP contribution in [0.15, 0.2) is 39.7 Å². The number of rotatable bonds is 4. The molecule has 6 heteroatoms. The molecule has 5 nitrogen and oxygen atoms in total. The molecular weight excluding hydrogens is 304 g/mol. The number of anilines is 1. The Morgan fingerprint density at radius 2 is 2.05 bits per heavy atom. The maximum Gasteiger partial charge on any atom is 0.337 e. The quantitative estimate of drug-likeness (QED) is 0.866. The highest BCUT2D eigenvalue weighted by molar-refractivity contribution is 6.33. The Hall–Kier alpha value is -2.27. The van der Waals surface area contributed by atoms with Crippen LogP contribution in [0.25, 0.3) is 0 Å². The fourth-order valence-electron chi connectivity index (χ4n) is 2.41. The van der Waals surface area contributed by atoms with Gasteiger partial charge >= 0.3 is 5.97 Å². The number of carboxylic acid groups (broad SMARTS) is 1. The second-order valence-electron chi connectivity index (χ2n) is 5.10. The van der Waals surface area contributed by atoms with Crippen molar-refractivity contribution in [1.29, 1.82) is 0 Å². The van der Waals surface area contributed by atoms with Crippen LogP contribution in [0.4, 0.5) is 11.6 Å². The predicted molar refractivity (Wildman–Crippen MR) is 85.8 cm³/mol. The molecule has 0 amide bonds. The van der Waals surface area contributed by atoms with Crippen molar-refractivity contribution in [2.24, 2.45) is 4.99 Å². The van der Waals surface area contributed by atoms with E-state index in [0.717, 1.165) is 19.0 Å².